The molecule has 1 aromatic heterocycles. The lowest BCUT2D eigenvalue weighted by Gasteiger charge is -2.10. The average molecular weight is 240 g/mol. The van der Waals surface area contributed by atoms with E-state index in [4.69, 9.17) is 18.0 Å². The van der Waals surface area contributed by atoms with E-state index in [0.29, 0.717) is 22.8 Å². The van der Waals surface area contributed by atoms with Crippen molar-refractivity contribution in [1.29, 1.82) is 0 Å². The maximum atomic E-state index is 11.8. The smallest absolute Gasteiger partial charge is 0.254 e. The van der Waals surface area contributed by atoms with Crippen LogP contribution in [0.3, 0.4) is 0 Å². The van der Waals surface area contributed by atoms with Crippen molar-refractivity contribution in [3.63, 3.8) is 0 Å². The minimum Gasteiger partial charge on any atom is -0.393 e. The molecule has 0 aromatic carbocycles. The highest BCUT2D eigenvalue weighted by Crippen LogP contribution is 2.04. The number of hydrogen-bond acceptors (Lipinski definition) is 3. The van der Waals surface area contributed by atoms with Gasteiger partial charge in [-0.3, -0.25) is 9.48 Å². The Bertz CT molecular complexity index is 413. The zero-order valence-corrected chi connectivity index (χ0v) is 10.5. The first-order valence-electron chi connectivity index (χ1n) is 4.99. The van der Waals surface area contributed by atoms with Gasteiger partial charge in [-0.2, -0.15) is 5.10 Å². The Morgan fingerprint density at radius 1 is 1.75 bits per heavy atom. The van der Waals surface area contributed by atoms with Crippen molar-refractivity contribution in [2.45, 2.75) is 13.8 Å². The molecule has 0 aliphatic rings. The first-order valence-corrected chi connectivity index (χ1v) is 5.40. The van der Waals surface area contributed by atoms with Crippen LogP contribution in [0.5, 0.6) is 0 Å². The van der Waals surface area contributed by atoms with Gasteiger partial charge in [0.05, 0.1) is 16.2 Å². The molecule has 0 fully saturated rings. The monoisotopic (exact) mass is 240 g/mol. The zero-order valence-electron chi connectivity index (χ0n) is 9.65. The number of nitrogens with two attached hydrogens (primary N) is 1. The van der Waals surface area contributed by atoms with Gasteiger partial charge in [0, 0.05) is 25.7 Å². The number of aryl methyl sites for hydroxylation is 2. The minimum atomic E-state index is -0.145. The van der Waals surface area contributed by atoms with Gasteiger partial charge in [-0.1, -0.05) is 19.1 Å². The van der Waals surface area contributed by atoms with E-state index in [0.717, 1.165) is 0 Å². The Hall–Kier alpha value is -1.43. The first kappa shape index (κ1) is 12.6. The molecular weight excluding hydrogens is 224 g/mol. The van der Waals surface area contributed by atoms with Crippen LogP contribution in [-0.4, -0.2) is 27.2 Å². The molecular formula is C10H16N4OS. The molecule has 16 heavy (non-hydrogen) atoms. The standard InChI is InChI=1S/C10H16N4OS/c1-6(9(11)16)4-12-10(15)8-5-14(3)13-7(8)2/h5-6H,4H2,1-3H3,(H2,11,16)(H,12,15). The van der Waals surface area contributed by atoms with Crippen molar-refractivity contribution in [3.05, 3.63) is 17.5 Å². The fraction of sp³-hybridized carbons (Fsp3) is 0.500. The summed E-state index contributed by atoms with van der Waals surface area (Å²) in [5.41, 5.74) is 6.75. The van der Waals surface area contributed by atoms with Crippen molar-refractivity contribution < 1.29 is 4.79 Å². The molecule has 5 nitrogen and oxygen atoms in total. The molecule has 1 aromatic rings. The molecule has 0 radical (unpaired) electrons. The third-order valence-corrected chi connectivity index (χ3v) is 2.71. The predicted octanol–water partition coefficient (Wildman–Crippen LogP) is 0.381. The molecule has 1 atom stereocenters. The summed E-state index contributed by atoms with van der Waals surface area (Å²) in [6, 6.07) is 0. The van der Waals surface area contributed by atoms with Crippen LogP contribution in [0.4, 0.5) is 0 Å². The van der Waals surface area contributed by atoms with E-state index in [1.165, 1.54) is 0 Å². The molecule has 1 unspecified atom stereocenters. The molecule has 0 spiro atoms. The van der Waals surface area contributed by atoms with Crippen LogP contribution in [0, 0.1) is 12.8 Å². The van der Waals surface area contributed by atoms with E-state index in [-0.39, 0.29) is 11.8 Å². The Balaban J connectivity index is 2.60. The number of carbonyl (C=O) groups is 1. The summed E-state index contributed by atoms with van der Waals surface area (Å²) >= 11 is 4.83. The number of thiocarbonyl (C=S) groups is 1. The minimum absolute atomic E-state index is 0.00377. The topological polar surface area (TPSA) is 72.9 Å². The molecule has 3 N–H and O–H groups in total. The number of rotatable bonds is 4. The largest absolute Gasteiger partial charge is 0.393 e. The van der Waals surface area contributed by atoms with Crippen LogP contribution in [0.2, 0.25) is 0 Å². The summed E-state index contributed by atoms with van der Waals surface area (Å²) < 4.78 is 1.61. The second kappa shape index (κ2) is 5.07. The van der Waals surface area contributed by atoms with E-state index in [1.54, 1.807) is 24.9 Å². The summed E-state index contributed by atoms with van der Waals surface area (Å²) in [4.78, 5) is 12.2. The highest BCUT2D eigenvalue weighted by molar-refractivity contribution is 7.80. The molecule has 1 heterocycles. The van der Waals surface area contributed by atoms with Crippen molar-refractivity contribution in [2.24, 2.45) is 18.7 Å². The third kappa shape index (κ3) is 3.03. The van der Waals surface area contributed by atoms with Crippen LogP contribution in [0.15, 0.2) is 6.20 Å². The third-order valence-electron chi connectivity index (χ3n) is 2.31. The van der Waals surface area contributed by atoms with Crippen molar-refractivity contribution in [1.82, 2.24) is 15.1 Å². The molecule has 1 rings (SSSR count). The Morgan fingerprint density at radius 2 is 2.38 bits per heavy atom. The Morgan fingerprint density at radius 3 is 2.81 bits per heavy atom. The summed E-state index contributed by atoms with van der Waals surface area (Å²) in [5, 5.41) is 6.87. The van der Waals surface area contributed by atoms with E-state index >= 15 is 0 Å². The maximum absolute atomic E-state index is 11.8. The van der Waals surface area contributed by atoms with Crippen LogP contribution in [0.1, 0.15) is 23.0 Å². The van der Waals surface area contributed by atoms with Crippen molar-refractivity contribution in [3.8, 4) is 0 Å². The second-order valence-electron chi connectivity index (χ2n) is 3.82. The first-order chi connectivity index (χ1) is 7.41. The van der Waals surface area contributed by atoms with Gasteiger partial charge in [-0.15, -0.1) is 0 Å². The molecule has 0 saturated carbocycles. The van der Waals surface area contributed by atoms with Crippen LogP contribution in [-0.2, 0) is 7.05 Å². The van der Waals surface area contributed by atoms with Crippen molar-refractivity contribution >= 4 is 23.1 Å². The van der Waals surface area contributed by atoms with Gasteiger partial charge in [0.25, 0.3) is 5.91 Å². The molecule has 0 aliphatic heterocycles. The lowest BCUT2D eigenvalue weighted by molar-refractivity contribution is 0.0950. The molecule has 0 aliphatic carbocycles. The normalized spacial score (nSPS) is 12.2. The summed E-state index contributed by atoms with van der Waals surface area (Å²) in [6.45, 7) is 4.12. The highest BCUT2D eigenvalue weighted by atomic mass is 32.1. The van der Waals surface area contributed by atoms with Gasteiger partial charge < -0.3 is 11.1 Å². The van der Waals surface area contributed by atoms with Gasteiger partial charge in [0.15, 0.2) is 0 Å². The summed E-state index contributed by atoms with van der Waals surface area (Å²) in [7, 11) is 1.78. The highest BCUT2D eigenvalue weighted by Gasteiger charge is 2.13. The fourth-order valence-electron chi connectivity index (χ4n) is 1.26. The van der Waals surface area contributed by atoms with Crippen LogP contribution < -0.4 is 11.1 Å². The van der Waals surface area contributed by atoms with Gasteiger partial charge in [0.2, 0.25) is 0 Å². The molecule has 1 amide bonds. The number of amides is 1. The van der Waals surface area contributed by atoms with Gasteiger partial charge in [-0.05, 0) is 6.92 Å². The van der Waals surface area contributed by atoms with E-state index in [9.17, 15) is 4.79 Å². The van der Waals surface area contributed by atoms with E-state index in [2.05, 4.69) is 10.4 Å². The number of nitrogens with one attached hydrogen (secondary N) is 1. The zero-order chi connectivity index (χ0) is 12.3. The molecule has 88 valence electrons. The molecule has 0 saturated heterocycles. The van der Waals surface area contributed by atoms with Gasteiger partial charge in [0.1, 0.15) is 0 Å². The summed E-state index contributed by atoms with van der Waals surface area (Å²) in [6.07, 6.45) is 1.69. The number of nitrogens with zero attached hydrogens (tertiary/aromatic N) is 2. The fourth-order valence-corrected chi connectivity index (χ4v) is 1.35. The predicted molar refractivity (Wildman–Crippen MR) is 66.2 cm³/mol. The van der Waals surface area contributed by atoms with Gasteiger partial charge in [-0.25, -0.2) is 0 Å². The summed E-state index contributed by atoms with van der Waals surface area (Å²) in [5.74, 6) is -0.148. The van der Waals surface area contributed by atoms with E-state index in [1.807, 2.05) is 6.92 Å². The van der Waals surface area contributed by atoms with Crippen LogP contribution >= 0.6 is 12.2 Å². The Labute approximate surface area is 100 Å². The second-order valence-corrected chi connectivity index (χ2v) is 4.29. The SMILES string of the molecule is Cc1nn(C)cc1C(=O)NCC(C)C(N)=S. The quantitative estimate of drug-likeness (QED) is 0.746. The maximum Gasteiger partial charge on any atom is 0.254 e. The molecule has 6 heteroatoms. The molecule has 0 bridgehead atoms. The number of carbonyl (C=O) groups excluding carboxylic acids is 1. The Kier molecular flexibility index (Phi) is 4.00. The lowest BCUT2D eigenvalue weighted by Crippen LogP contribution is -2.33. The lowest BCUT2D eigenvalue weighted by atomic mass is 10.1. The van der Waals surface area contributed by atoms with E-state index < -0.39 is 0 Å². The number of hydrogen-bond donors (Lipinski definition) is 2. The van der Waals surface area contributed by atoms with Crippen molar-refractivity contribution in [2.75, 3.05) is 6.54 Å². The van der Waals surface area contributed by atoms with Gasteiger partial charge >= 0.3 is 0 Å². The number of aromatic nitrogens is 2. The van der Waals surface area contributed by atoms with Crippen LogP contribution in [0.25, 0.3) is 0 Å². The average Bonchev–Trinajstić information content (AvgIpc) is 2.53.